The molecule has 1 heteroatoms. The van der Waals surface area contributed by atoms with Gasteiger partial charge in [0.25, 0.3) is 0 Å². The SMILES string of the molecule is C#C.C#Cc1ccc(N)cc1. The van der Waals surface area contributed by atoms with E-state index < -0.39 is 0 Å². The molecule has 0 aliphatic carbocycles. The van der Waals surface area contributed by atoms with Gasteiger partial charge in [0.2, 0.25) is 0 Å². The van der Waals surface area contributed by atoms with Crippen LogP contribution in [-0.2, 0) is 0 Å². The first-order valence-electron chi connectivity index (χ1n) is 2.98. The fourth-order valence-electron chi connectivity index (χ4n) is 0.579. The maximum absolute atomic E-state index is 5.41. The average Bonchev–Trinajstić information content (AvgIpc) is 2.10. The van der Waals surface area contributed by atoms with Gasteiger partial charge in [0.15, 0.2) is 0 Å². The predicted octanol–water partition coefficient (Wildman–Crippen LogP) is 1.50. The molecule has 0 atom stereocenters. The highest BCUT2D eigenvalue weighted by molar-refractivity contribution is 5.43. The highest BCUT2D eigenvalue weighted by atomic mass is 14.5. The minimum Gasteiger partial charge on any atom is -0.399 e. The molecule has 11 heavy (non-hydrogen) atoms. The van der Waals surface area contributed by atoms with Gasteiger partial charge in [0.05, 0.1) is 0 Å². The zero-order valence-electron chi connectivity index (χ0n) is 6.12. The van der Waals surface area contributed by atoms with Gasteiger partial charge in [-0.2, -0.15) is 0 Å². The second-order valence-electron chi connectivity index (χ2n) is 1.77. The lowest BCUT2D eigenvalue weighted by Crippen LogP contribution is -1.82. The number of benzene rings is 1. The Morgan fingerprint density at radius 1 is 1.09 bits per heavy atom. The molecule has 0 spiro atoms. The molecule has 1 aromatic carbocycles. The highest BCUT2D eigenvalue weighted by Gasteiger charge is 1.83. The Bertz CT molecular complexity index is 261. The summed E-state index contributed by atoms with van der Waals surface area (Å²) >= 11 is 0. The summed E-state index contributed by atoms with van der Waals surface area (Å²) in [6.45, 7) is 0. The van der Waals surface area contributed by atoms with E-state index in [1.165, 1.54) is 0 Å². The lowest BCUT2D eigenvalue weighted by molar-refractivity contribution is 1.64. The molecule has 0 heterocycles. The number of anilines is 1. The van der Waals surface area contributed by atoms with E-state index in [1.54, 1.807) is 12.1 Å². The molecule has 1 rings (SSSR count). The largest absolute Gasteiger partial charge is 0.399 e. The van der Waals surface area contributed by atoms with Gasteiger partial charge >= 0.3 is 0 Å². The maximum atomic E-state index is 5.41. The maximum Gasteiger partial charge on any atom is 0.0314 e. The van der Waals surface area contributed by atoms with Crippen LogP contribution < -0.4 is 5.73 Å². The van der Waals surface area contributed by atoms with Gasteiger partial charge in [-0.3, -0.25) is 0 Å². The molecule has 1 aromatic rings. The third kappa shape index (κ3) is 2.98. The van der Waals surface area contributed by atoms with Crippen LogP contribution in [0.15, 0.2) is 24.3 Å². The first kappa shape index (κ1) is 9.14. The lowest BCUT2D eigenvalue weighted by Gasteiger charge is -1.89. The summed E-state index contributed by atoms with van der Waals surface area (Å²) in [6.07, 6.45) is 13.1. The van der Waals surface area contributed by atoms with Crippen molar-refractivity contribution in [1.29, 1.82) is 0 Å². The molecule has 0 aliphatic rings. The van der Waals surface area contributed by atoms with Crippen molar-refractivity contribution in [3.8, 4) is 25.2 Å². The lowest BCUT2D eigenvalue weighted by atomic mass is 10.2. The van der Waals surface area contributed by atoms with Crippen LogP contribution in [0.4, 0.5) is 5.69 Å². The summed E-state index contributed by atoms with van der Waals surface area (Å²) in [5.74, 6) is 2.50. The minimum atomic E-state index is 0.744. The van der Waals surface area contributed by atoms with Gasteiger partial charge in [-0.25, -0.2) is 0 Å². The Labute approximate surface area is 67.2 Å². The number of nitrogen functional groups attached to an aromatic ring is 1. The van der Waals surface area contributed by atoms with E-state index in [0.717, 1.165) is 11.3 Å². The molecule has 0 saturated carbocycles. The van der Waals surface area contributed by atoms with Crippen molar-refractivity contribution in [3.63, 3.8) is 0 Å². The topological polar surface area (TPSA) is 26.0 Å². The summed E-state index contributed by atoms with van der Waals surface area (Å²) in [6, 6.07) is 7.20. The molecule has 0 unspecified atom stereocenters. The number of hydrogen-bond donors (Lipinski definition) is 1. The standard InChI is InChI=1S/C8H7N.C2H2/c1-2-7-3-5-8(9)6-4-7;1-2/h1,3-6H,9H2;1-2H. The Morgan fingerprint density at radius 3 is 1.91 bits per heavy atom. The number of terminal acetylenes is 2. The van der Waals surface area contributed by atoms with Crippen LogP contribution in [0, 0.1) is 25.2 Å². The Balaban J connectivity index is 0.000000461. The summed E-state index contributed by atoms with van der Waals surface area (Å²) in [4.78, 5) is 0. The molecule has 54 valence electrons. The quantitative estimate of drug-likeness (QED) is 0.432. The summed E-state index contributed by atoms with van der Waals surface area (Å²) < 4.78 is 0. The first-order valence-corrected chi connectivity index (χ1v) is 2.98. The van der Waals surface area contributed by atoms with Crippen molar-refractivity contribution in [2.75, 3.05) is 5.73 Å². The van der Waals surface area contributed by atoms with Crippen LogP contribution in [-0.4, -0.2) is 0 Å². The third-order valence-electron chi connectivity index (χ3n) is 1.08. The van der Waals surface area contributed by atoms with Crippen molar-refractivity contribution >= 4 is 5.69 Å². The Morgan fingerprint density at radius 2 is 1.55 bits per heavy atom. The highest BCUT2D eigenvalue weighted by Crippen LogP contribution is 2.02. The van der Waals surface area contributed by atoms with Crippen molar-refractivity contribution in [1.82, 2.24) is 0 Å². The molecule has 0 radical (unpaired) electrons. The average molecular weight is 143 g/mol. The predicted molar refractivity (Wildman–Crippen MR) is 48.7 cm³/mol. The van der Waals surface area contributed by atoms with E-state index in [1.807, 2.05) is 12.1 Å². The molecule has 2 N–H and O–H groups in total. The number of rotatable bonds is 0. The normalized spacial score (nSPS) is 7.00. The molecular weight excluding hydrogens is 134 g/mol. The van der Waals surface area contributed by atoms with Gasteiger partial charge in [-0.1, -0.05) is 5.92 Å². The molecular formula is C10H9N. The minimum absolute atomic E-state index is 0.744. The van der Waals surface area contributed by atoms with E-state index in [-0.39, 0.29) is 0 Å². The fourth-order valence-corrected chi connectivity index (χ4v) is 0.579. The van der Waals surface area contributed by atoms with Gasteiger partial charge < -0.3 is 5.73 Å². The first-order chi connectivity index (χ1) is 5.33. The zero-order valence-corrected chi connectivity index (χ0v) is 6.12. The van der Waals surface area contributed by atoms with E-state index in [9.17, 15) is 0 Å². The van der Waals surface area contributed by atoms with Gasteiger partial charge in [0.1, 0.15) is 0 Å². The summed E-state index contributed by atoms with van der Waals surface area (Å²) in [5.41, 5.74) is 7.02. The van der Waals surface area contributed by atoms with Crippen LogP contribution in [0.5, 0.6) is 0 Å². The monoisotopic (exact) mass is 143 g/mol. The van der Waals surface area contributed by atoms with E-state index in [2.05, 4.69) is 18.8 Å². The van der Waals surface area contributed by atoms with Crippen LogP contribution >= 0.6 is 0 Å². The van der Waals surface area contributed by atoms with Crippen molar-refractivity contribution in [2.24, 2.45) is 0 Å². The van der Waals surface area contributed by atoms with Crippen LogP contribution in [0.1, 0.15) is 5.56 Å². The van der Waals surface area contributed by atoms with Crippen LogP contribution in [0.2, 0.25) is 0 Å². The second kappa shape index (κ2) is 4.97. The van der Waals surface area contributed by atoms with Crippen molar-refractivity contribution in [3.05, 3.63) is 29.8 Å². The number of hydrogen-bond acceptors (Lipinski definition) is 1. The van der Waals surface area contributed by atoms with Gasteiger partial charge in [-0.15, -0.1) is 19.3 Å². The van der Waals surface area contributed by atoms with E-state index >= 15 is 0 Å². The molecule has 0 saturated heterocycles. The molecule has 0 aliphatic heterocycles. The summed E-state index contributed by atoms with van der Waals surface area (Å²) in [7, 11) is 0. The molecule has 0 bridgehead atoms. The van der Waals surface area contributed by atoms with Gasteiger partial charge in [0, 0.05) is 11.3 Å². The molecule has 0 amide bonds. The fraction of sp³-hybridized carbons (Fsp3) is 0. The van der Waals surface area contributed by atoms with E-state index in [0.29, 0.717) is 0 Å². The van der Waals surface area contributed by atoms with Crippen LogP contribution in [0.3, 0.4) is 0 Å². The van der Waals surface area contributed by atoms with Crippen LogP contribution in [0.25, 0.3) is 0 Å². The van der Waals surface area contributed by atoms with Crippen molar-refractivity contribution < 1.29 is 0 Å². The number of nitrogens with two attached hydrogens (primary N) is 1. The smallest absolute Gasteiger partial charge is 0.0314 e. The van der Waals surface area contributed by atoms with E-state index in [4.69, 9.17) is 12.2 Å². The third-order valence-corrected chi connectivity index (χ3v) is 1.08. The molecule has 0 aromatic heterocycles. The summed E-state index contributed by atoms with van der Waals surface area (Å²) in [5, 5.41) is 0. The Hall–Kier alpha value is -1.86. The van der Waals surface area contributed by atoms with Gasteiger partial charge in [-0.05, 0) is 24.3 Å². The molecule has 1 nitrogen and oxygen atoms in total. The Kier molecular flexibility index (Phi) is 4.13. The second-order valence-corrected chi connectivity index (χ2v) is 1.77. The zero-order chi connectivity index (χ0) is 8.69. The van der Waals surface area contributed by atoms with Crippen molar-refractivity contribution in [2.45, 2.75) is 0 Å². The molecule has 0 fully saturated rings.